The van der Waals surface area contributed by atoms with E-state index in [1.165, 1.54) is 0 Å². The minimum Gasteiger partial charge on any atom is -0.413 e. The van der Waals surface area contributed by atoms with E-state index in [9.17, 15) is 5.11 Å². The molecule has 0 unspecified atom stereocenters. The zero-order valence-electron chi connectivity index (χ0n) is 24.6. The molecule has 0 bridgehead atoms. The van der Waals surface area contributed by atoms with Gasteiger partial charge in [0.2, 0.25) is 0 Å². The molecule has 0 radical (unpaired) electrons. The number of aliphatic hydroxyl groups is 1. The second kappa shape index (κ2) is 11.8. The van der Waals surface area contributed by atoms with Crippen molar-refractivity contribution in [2.45, 2.75) is 129 Å². The minimum absolute atomic E-state index is 0.0115. The number of aliphatic hydroxyl groups excluding tert-OH is 1. The third-order valence-corrected chi connectivity index (χ3v) is 21.3. The Hall–Kier alpha value is -0.0294. The Bertz CT molecular complexity index is 648. The Kier molecular flexibility index (Phi) is 11.8. The summed E-state index contributed by atoms with van der Waals surface area (Å²) < 4.78 is 20.1. The van der Waals surface area contributed by atoms with Crippen molar-refractivity contribution >= 4 is 25.0 Å². The first-order chi connectivity index (χ1) is 14.5. The normalized spacial score (nSPS) is 17.2. The molecule has 0 fully saturated rings. The van der Waals surface area contributed by atoms with Crippen LogP contribution in [0.5, 0.6) is 0 Å². The molecule has 196 valence electrons. The average molecular weight is 517 g/mol. The van der Waals surface area contributed by atoms with E-state index in [2.05, 4.69) is 114 Å². The lowest BCUT2D eigenvalue weighted by Gasteiger charge is -2.44. The van der Waals surface area contributed by atoms with Crippen LogP contribution in [0.15, 0.2) is 24.3 Å². The molecular formula is C26H56O4Si3. The molecule has 7 heteroatoms. The largest absolute Gasteiger partial charge is 0.413 e. The summed E-state index contributed by atoms with van der Waals surface area (Å²) in [5.74, 6) is 0. The van der Waals surface area contributed by atoms with Crippen LogP contribution in [0.3, 0.4) is 0 Å². The van der Waals surface area contributed by atoms with Crippen molar-refractivity contribution in [1.29, 1.82) is 0 Å². The summed E-state index contributed by atoms with van der Waals surface area (Å²) in [4.78, 5) is 0. The molecule has 0 aromatic rings. The molecule has 2 atom stereocenters. The van der Waals surface area contributed by atoms with Gasteiger partial charge in [0, 0.05) is 0 Å². The summed E-state index contributed by atoms with van der Waals surface area (Å²) in [5, 5.41) is 9.84. The zero-order valence-corrected chi connectivity index (χ0v) is 27.6. The van der Waals surface area contributed by atoms with E-state index in [0.29, 0.717) is 6.61 Å². The molecule has 0 saturated heterocycles. The molecule has 33 heavy (non-hydrogen) atoms. The average Bonchev–Trinajstić information content (AvgIpc) is 2.58. The first-order valence-corrected chi connectivity index (χ1v) is 21.1. The first kappa shape index (κ1) is 33.0. The summed E-state index contributed by atoms with van der Waals surface area (Å²) in [6, 6.07) is 0. The van der Waals surface area contributed by atoms with Gasteiger partial charge in [-0.2, -0.15) is 0 Å². The predicted octanol–water partition coefficient (Wildman–Crippen LogP) is 7.89. The van der Waals surface area contributed by atoms with Crippen LogP contribution in [0.25, 0.3) is 0 Å². The van der Waals surface area contributed by atoms with E-state index >= 15 is 0 Å². The SMILES string of the molecule is CC(C)(C)[Si](C)(C)OC/C=C/[C@H](O[Si](C)(C)C(C)(C)C)[C@H](/C=C/CO)O[Si](C)(C)C(C)(C)C. The molecule has 0 spiro atoms. The molecule has 0 aromatic heterocycles. The van der Waals surface area contributed by atoms with Crippen LogP contribution in [0.2, 0.25) is 54.4 Å². The van der Waals surface area contributed by atoms with Crippen LogP contribution in [0, 0.1) is 0 Å². The quantitative estimate of drug-likeness (QED) is 0.224. The van der Waals surface area contributed by atoms with Crippen LogP contribution in [0.1, 0.15) is 62.3 Å². The fraction of sp³-hybridized carbons (Fsp3) is 0.846. The maximum absolute atomic E-state index is 9.50. The first-order valence-electron chi connectivity index (χ1n) is 12.4. The predicted molar refractivity (Wildman–Crippen MR) is 153 cm³/mol. The van der Waals surface area contributed by atoms with Crippen LogP contribution in [0.4, 0.5) is 0 Å². The van der Waals surface area contributed by atoms with Crippen molar-refractivity contribution in [2.75, 3.05) is 13.2 Å². The van der Waals surface area contributed by atoms with Crippen LogP contribution in [-0.2, 0) is 13.3 Å². The van der Waals surface area contributed by atoms with Crippen molar-refractivity contribution in [3.63, 3.8) is 0 Å². The van der Waals surface area contributed by atoms with E-state index in [0.717, 1.165) is 0 Å². The fourth-order valence-corrected chi connectivity index (χ4v) is 5.76. The molecule has 0 heterocycles. The fourth-order valence-electron chi connectivity index (χ4n) is 2.32. The Balaban J connectivity index is 6.05. The van der Waals surface area contributed by atoms with Crippen LogP contribution < -0.4 is 0 Å². The number of rotatable bonds is 11. The topological polar surface area (TPSA) is 47.9 Å². The highest BCUT2D eigenvalue weighted by Crippen LogP contribution is 2.41. The summed E-state index contributed by atoms with van der Waals surface area (Å²) in [5.41, 5.74) is 0. The molecular weight excluding hydrogens is 461 g/mol. The van der Waals surface area contributed by atoms with Gasteiger partial charge in [-0.1, -0.05) is 86.6 Å². The second-order valence-corrected chi connectivity index (χ2v) is 28.1. The van der Waals surface area contributed by atoms with Gasteiger partial charge >= 0.3 is 0 Å². The molecule has 0 aliphatic rings. The van der Waals surface area contributed by atoms with Crippen molar-refractivity contribution in [3.8, 4) is 0 Å². The monoisotopic (exact) mass is 516 g/mol. The van der Waals surface area contributed by atoms with Crippen molar-refractivity contribution in [2.24, 2.45) is 0 Å². The van der Waals surface area contributed by atoms with Gasteiger partial charge in [-0.05, 0) is 54.4 Å². The van der Waals surface area contributed by atoms with Gasteiger partial charge in [0.15, 0.2) is 25.0 Å². The molecule has 1 N–H and O–H groups in total. The van der Waals surface area contributed by atoms with Gasteiger partial charge in [-0.25, -0.2) is 0 Å². The smallest absolute Gasteiger partial charge is 0.193 e. The van der Waals surface area contributed by atoms with Gasteiger partial charge in [-0.15, -0.1) is 0 Å². The second-order valence-electron chi connectivity index (χ2n) is 13.8. The van der Waals surface area contributed by atoms with E-state index in [4.69, 9.17) is 13.3 Å². The Morgan fingerprint density at radius 3 is 1.24 bits per heavy atom. The summed E-state index contributed by atoms with van der Waals surface area (Å²) >= 11 is 0. The third kappa shape index (κ3) is 10.2. The molecule has 4 nitrogen and oxygen atoms in total. The van der Waals surface area contributed by atoms with Crippen LogP contribution in [-0.4, -0.2) is 55.5 Å². The van der Waals surface area contributed by atoms with Crippen molar-refractivity contribution < 1.29 is 18.4 Å². The van der Waals surface area contributed by atoms with E-state index in [-0.39, 0.29) is 33.9 Å². The Morgan fingerprint density at radius 2 is 0.939 bits per heavy atom. The molecule has 0 rings (SSSR count). The molecule has 0 aliphatic carbocycles. The highest BCUT2D eigenvalue weighted by atomic mass is 28.4. The van der Waals surface area contributed by atoms with E-state index < -0.39 is 25.0 Å². The highest BCUT2D eigenvalue weighted by molar-refractivity contribution is 6.75. The Morgan fingerprint density at radius 1 is 0.606 bits per heavy atom. The number of hydrogen-bond donors (Lipinski definition) is 1. The molecule has 0 aliphatic heterocycles. The maximum Gasteiger partial charge on any atom is 0.193 e. The van der Waals surface area contributed by atoms with E-state index in [1.807, 2.05) is 6.08 Å². The van der Waals surface area contributed by atoms with Gasteiger partial charge < -0.3 is 18.4 Å². The summed E-state index contributed by atoms with van der Waals surface area (Å²) in [6.45, 7) is 34.5. The maximum atomic E-state index is 9.50. The lowest BCUT2D eigenvalue weighted by Crippen LogP contribution is -2.51. The summed E-state index contributed by atoms with van der Waals surface area (Å²) in [6.07, 6.45) is 7.51. The zero-order chi connectivity index (χ0) is 26.5. The molecule has 0 aromatic carbocycles. The highest BCUT2D eigenvalue weighted by Gasteiger charge is 2.43. The minimum atomic E-state index is -2.06. The van der Waals surface area contributed by atoms with Gasteiger partial charge in [0.05, 0.1) is 25.4 Å². The standard InChI is InChI=1S/C26H56O4Si3/c1-24(2,3)31(10,11)28-21-17-19-23(30-33(14,15)26(7,8)9)22(18-16-20-27)29-32(12,13)25(4,5)6/h16-19,22-23,27H,20-21H2,1-15H3/b18-16+,19-17+/t22-,23-/m0/s1. The third-order valence-electron chi connectivity index (χ3n) is 7.90. The van der Waals surface area contributed by atoms with Gasteiger partial charge in [-0.3, -0.25) is 0 Å². The molecule has 0 saturated carbocycles. The number of hydrogen-bond acceptors (Lipinski definition) is 4. The van der Waals surface area contributed by atoms with Gasteiger partial charge in [0.1, 0.15) is 0 Å². The molecule has 0 amide bonds. The van der Waals surface area contributed by atoms with Crippen molar-refractivity contribution in [1.82, 2.24) is 0 Å². The lowest BCUT2D eigenvalue weighted by atomic mass is 10.2. The van der Waals surface area contributed by atoms with Crippen LogP contribution >= 0.6 is 0 Å². The van der Waals surface area contributed by atoms with Gasteiger partial charge in [0.25, 0.3) is 0 Å². The van der Waals surface area contributed by atoms with E-state index in [1.54, 1.807) is 6.08 Å². The lowest BCUT2D eigenvalue weighted by molar-refractivity contribution is 0.0930. The Labute approximate surface area is 209 Å². The van der Waals surface area contributed by atoms with Crippen molar-refractivity contribution in [3.05, 3.63) is 24.3 Å². The summed E-state index contributed by atoms with van der Waals surface area (Å²) in [7, 11) is -5.94.